The predicted octanol–water partition coefficient (Wildman–Crippen LogP) is 6.03. The Balaban J connectivity index is 1.61. The van der Waals surface area contributed by atoms with E-state index in [1.807, 2.05) is 0 Å². The fourth-order valence-corrected chi connectivity index (χ4v) is 4.96. The van der Waals surface area contributed by atoms with E-state index in [-0.39, 0.29) is 5.56 Å². The van der Waals surface area contributed by atoms with E-state index in [2.05, 4.69) is 71.5 Å². The molecule has 0 aliphatic heterocycles. The molecule has 0 saturated heterocycles. The molecule has 0 bridgehead atoms. The normalized spacial score (nSPS) is 19.2. The van der Waals surface area contributed by atoms with Crippen LogP contribution in [0.25, 0.3) is 0 Å². The zero-order chi connectivity index (χ0) is 20.2. The van der Waals surface area contributed by atoms with E-state index < -0.39 is 0 Å². The Bertz CT molecular complexity index is 1080. The third-order valence-electron chi connectivity index (χ3n) is 6.35. The summed E-state index contributed by atoms with van der Waals surface area (Å²) in [6.07, 6.45) is 6.07. The molecule has 1 aliphatic rings. The summed E-state index contributed by atoms with van der Waals surface area (Å²) >= 11 is 5.32. The van der Waals surface area contributed by atoms with Gasteiger partial charge in [-0.25, -0.2) is 0 Å². The SMILES string of the molecule is CCc1ccccc1Cc1c(=O)[nH]c(=S)[nH]c1[C@H]1CC[C@H](c2ccccc2)CC1. The van der Waals surface area contributed by atoms with Gasteiger partial charge in [-0.05, 0) is 72.8 Å². The molecule has 0 unspecified atom stereocenters. The van der Waals surface area contributed by atoms with Crippen molar-refractivity contribution in [1.82, 2.24) is 9.97 Å². The molecule has 4 rings (SSSR count). The second-order valence-corrected chi connectivity index (χ2v) is 8.47. The Labute approximate surface area is 177 Å². The summed E-state index contributed by atoms with van der Waals surface area (Å²) in [6, 6.07) is 19.2. The van der Waals surface area contributed by atoms with Crippen molar-refractivity contribution >= 4 is 12.2 Å². The van der Waals surface area contributed by atoms with E-state index >= 15 is 0 Å². The Hall–Kier alpha value is -2.46. The molecule has 3 nitrogen and oxygen atoms in total. The van der Waals surface area contributed by atoms with Gasteiger partial charge < -0.3 is 4.98 Å². The number of hydrogen-bond donors (Lipinski definition) is 2. The number of benzene rings is 2. The van der Waals surface area contributed by atoms with Crippen molar-refractivity contribution in [1.29, 1.82) is 0 Å². The van der Waals surface area contributed by atoms with E-state index in [4.69, 9.17) is 12.2 Å². The fraction of sp³-hybridized carbons (Fsp3) is 0.360. The molecule has 0 radical (unpaired) electrons. The van der Waals surface area contributed by atoms with Gasteiger partial charge >= 0.3 is 0 Å². The van der Waals surface area contributed by atoms with Crippen molar-refractivity contribution in [2.24, 2.45) is 0 Å². The second kappa shape index (κ2) is 8.91. The van der Waals surface area contributed by atoms with Crippen LogP contribution in [0, 0.1) is 4.77 Å². The molecule has 2 N–H and O–H groups in total. The quantitative estimate of drug-likeness (QED) is 0.510. The van der Waals surface area contributed by atoms with Gasteiger partial charge in [0.1, 0.15) is 0 Å². The highest BCUT2D eigenvalue weighted by molar-refractivity contribution is 7.71. The van der Waals surface area contributed by atoms with Gasteiger partial charge in [-0.2, -0.15) is 0 Å². The van der Waals surface area contributed by atoms with Gasteiger partial charge in [0.25, 0.3) is 5.56 Å². The fourth-order valence-electron chi connectivity index (χ4n) is 4.76. The molecular weight excluding hydrogens is 376 g/mol. The molecule has 3 aromatic rings. The first-order valence-corrected chi connectivity index (χ1v) is 11.0. The molecule has 1 aliphatic carbocycles. The van der Waals surface area contributed by atoms with Crippen molar-refractivity contribution in [2.75, 3.05) is 0 Å². The molecule has 0 spiro atoms. The highest BCUT2D eigenvalue weighted by Crippen LogP contribution is 2.40. The summed E-state index contributed by atoms with van der Waals surface area (Å²) < 4.78 is 0.433. The van der Waals surface area contributed by atoms with Gasteiger partial charge in [0.2, 0.25) is 0 Å². The van der Waals surface area contributed by atoms with E-state index in [1.165, 1.54) is 16.7 Å². The van der Waals surface area contributed by atoms with Crippen LogP contribution < -0.4 is 5.56 Å². The first kappa shape index (κ1) is 19.8. The molecular formula is C25H28N2OS. The minimum absolute atomic E-state index is 0.0418. The van der Waals surface area contributed by atoms with Crippen LogP contribution in [0.5, 0.6) is 0 Å². The largest absolute Gasteiger partial charge is 0.335 e. The summed E-state index contributed by atoms with van der Waals surface area (Å²) in [7, 11) is 0. The minimum atomic E-state index is -0.0418. The van der Waals surface area contributed by atoms with Gasteiger partial charge in [0.05, 0.1) is 0 Å². The van der Waals surface area contributed by atoms with Gasteiger partial charge in [-0.1, -0.05) is 61.5 Å². The number of aromatic nitrogens is 2. The van der Waals surface area contributed by atoms with Gasteiger partial charge in [-0.15, -0.1) is 0 Å². The Morgan fingerprint density at radius 1 is 0.862 bits per heavy atom. The lowest BCUT2D eigenvalue weighted by atomic mass is 9.76. The smallest absolute Gasteiger partial charge is 0.255 e. The van der Waals surface area contributed by atoms with Crippen LogP contribution >= 0.6 is 12.2 Å². The van der Waals surface area contributed by atoms with E-state index in [0.717, 1.165) is 43.4 Å². The van der Waals surface area contributed by atoms with Crippen LogP contribution in [0.3, 0.4) is 0 Å². The zero-order valence-corrected chi connectivity index (χ0v) is 17.7. The maximum absolute atomic E-state index is 12.9. The van der Waals surface area contributed by atoms with Crippen LogP contribution in [0.2, 0.25) is 0 Å². The lowest BCUT2D eigenvalue weighted by molar-refractivity contribution is 0.389. The van der Waals surface area contributed by atoms with Gasteiger partial charge in [-0.3, -0.25) is 9.78 Å². The Kier molecular flexibility index (Phi) is 6.10. The minimum Gasteiger partial charge on any atom is -0.335 e. The standard InChI is InChI=1S/C25H28N2OS/c1-2-17-8-6-7-11-21(17)16-22-23(26-25(29)27-24(22)28)20-14-12-19(13-15-20)18-9-4-3-5-10-18/h3-11,19-20H,2,12-16H2,1H3,(H2,26,27,28,29)/t19-,20-. The highest BCUT2D eigenvalue weighted by Gasteiger charge is 2.26. The maximum atomic E-state index is 12.9. The Morgan fingerprint density at radius 2 is 1.48 bits per heavy atom. The summed E-state index contributed by atoms with van der Waals surface area (Å²) in [5, 5.41) is 0. The highest BCUT2D eigenvalue weighted by atomic mass is 32.1. The molecule has 29 heavy (non-hydrogen) atoms. The molecule has 4 heteroatoms. The first-order chi connectivity index (χ1) is 14.2. The summed E-state index contributed by atoms with van der Waals surface area (Å²) in [4.78, 5) is 19.0. The summed E-state index contributed by atoms with van der Waals surface area (Å²) in [5.74, 6) is 0.976. The van der Waals surface area contributed by atoms with Gasteiger partial charge in [0, 0.05) is 17.7 Å². The van der Waals surface area contributed by atoms with Gasteiger partial charge in [0.15, 0.2) is 4.77 Å². The molecule has 1 heterocycles. The number of nitrogens with one attached hydrogen (secondary N) is 2. The molecule has 0 atom stereocenters. The summed E-state index contributed by atoms with van der Waals surface area (Å²) in [5.41, 5.74) is 5.82. The molecule has 1 saturated carbocycles. The van der Waals surface area contributed by atoms with Crippen molar-refractivity contribution < 1.29 is 0 Å². The lowest BCUT2D eigenvalue weighted by Crippen LogP contribution is -2.23. The van der Waals surface area contributed by atoms with E-state index in [1.54, 1.807) is 0 Å². The predicted molar refractivity (Wildman–Crippen MR) is 121 cm³/mol. The van der Waals surface area contributed by atoms with Crippen molar-refractivity contribution in [3.05, 3.63) is 97.7 Å². The zero-order valence-electron chi connectivity index (χ0n) is 16.9. The molecule has 1 fully saturated rings. The van der Waals surface area contributed by atoms with Crippen molar-refractivity contribution in [2.45, 2.75) is 57.3 Å². The second-order valence-electron chi connectivity index (χ2n) is 8.06. The number of aromatic amines is 2. The number of hydrogen-bond acceptors (Lipinski definition) is 2. The van der Waals surface area contributed by atoms with Crippen LogP contribution in [-0.4, -0.2) is 9.97 Å². The molecule has 1 aromatic heterocycles. The number of H-pyrrole nitrogens is 2. The molecule has 0 amide bonds. The number of aryl methyl sites for hydroxylation is 1. The van der Waals surface area contributed by atoms with Crippen LogP contribution in [-0.2, 0) is 12.8 Å². The van der Waals surface area contributed by atoms with Crippen LogP contribution in [0.1, 0.15) is 72.4 Å². The van der Waals surface area contributed by atoms with E-state index in [0.29, 0.717) is 23.0 Å². The van der Waals surface area contributed by atoms with Crippen molar-refractivity contribution in [3.63, 3.8) is 0 Å². The van der Waals surface area contributed by atoms with Crippen LogP contribution in [0.15, 0.2) is 59.4 Å². The van der Waals surface area contributed by atoms with E-state index in [9.17, 15) is 4.79 Å². The number of rotatable bonds is 5. The maximum Gasteiger partial charge on any atom is 0.255 e. The molecule has 150 valence electrons. The van der Waals surface area contributed by atoms with Crippen LogP contribution in [0.4, 0.5) is 0 Å². The topological polar surface area (TPSA) is 48.6 Å². The van der Waals surface area contributed by atoms with Crippen molar-refractivity contribution in [3.8, 4) is 0 Å². The molecule has 2 aromatic carbocycles. The Morgan fingerprint density at radius 3 is 2.17 bits per heavy atom. The average molecular weight is 405 g/mol. The summed E-state index contributed by atoms with van der Waals surface area (Å²) in [6.45, 7) is 2.16. The average Bonchev–Trinajstić information content (AvgIpc) is 2.76. The lowest BCUT2D eigenvalue weighted by Gasteiger charge is -2.30. The third-order valence-corrected chi connectivity index (χ3v) is 6.55. The third kappa shape index (κ3) is 4.43. The monoisotopic (exact) mass is 404 g/mol. The first-order valence-electron chi connectivity index (χ1n) is 10.6.